The molecule has 3 heteroatoms. The normalized spacial score (nSPS) is 13.6. The summed E-state index contributed by atoms with van der Waals surface area (Å²) in [6.07, 6.45) is -0.473. The fourth-order valence-electron chi connectivity index (χ4n) is 1.46. The second-order valence-corrected chi connectivity index (χ2v) is 5.75. The van der Waals surface area contributed by atoms with E-state index in [4.69, 9.17) is 4.74 Å². The Hall–Kier alpha value is -0.540. The lowest BCUT2D eigenvalue weighted by molar-refractivity contribution is 0.0626. The minimum Gasteiger partial charge on any atom is -0.493 e. The van der Waals surface area contributed by atoms with Crippen LogP contribution in [0.25, 0.3) is 0 Å². The summed E-state index contributed by atoms with van der Waals surface area (Å²) in [7, 11) is 0. The number of halogens is 1. The molecule has 90 valence electrons. The Bertz CT molecular complexity index is 355. The van der Waals surface area contributed by atoms with Gasteiger partial charge in [-0.05, 0) is 46.0 Å². The fourth-order valence-corrected chi connectivity index (χ4v) is 1.97. The van der Waals surface area contributed by atoms with Crippen molar-refractivity contribution in [1.82, 2.24) is 0 Å². The average Bonchev–Trinajstić information content (AvgIpc) is 2.19. The molecule has 0 spiro atoms. The minimum absolute atomic E-state index is 0.160. The summed E-state index contributed by atoms with van der Waals surface area (Å²) < 4.78 is 6.31. The summed E-state index contributed by atoms with van der Waals surface area (Å²) in [6.45, 7) is 8.64. The highest BCUT2D eigenvalue weighted by Gasteiger charge is 2.24. The molecule has 2 nitrogen and oxygen atoms in total. The average molecular weight is 287 g/mol. The zero-order valence-electron chi connectivity index (χ0n) is 10.2. The highest BCUT2D eigenvalue weighted by atomic mass is 79.9. The van der Waals surface area contributed by atoms with Crippen molar-refractivity contribution >= 4 is 15.9 Å². The van der Waals surface area contributed by atoms with E-state index < -0.39 is 6.10 Å². The molecule has 1 N–H and O–H groups in total. The molecule has 0 aromatic heterocycles. The topological polar surface area (TPSA) is 29.5 Å². The predicted octanol–water partition coefficient (Wildman–Crippen LogP) is 3.93. The summed E-state index contributed by atoms with van der Waals surface area (Å²) in [5, 5.41) is 10.1. The molecule has 0 heterocycles. The molecule has 0 bridgehead atoms. The molecule has 1 unspecified atom stereocenters. The molecule has 0 radical (unpaired) electrons. The number of hydrogen-bond donors (Lipinski definition) is 1. The Morgan fingerprint density at radius 2 is 2.00 bits per heavy atom. The van der Waals surface area contributed by atoms with Crippen molar-refractivity contribution in [3.8, 4) is 5.75 Å². The molecular formula is C13H19BrO2. The van der Waals surface area contributed by atoms with Gasteiger partial charge in [0.25, 0.3) is 0 Å². The van der Waals surface area contributed by atoms with Crippen LogP contribution in [-0.2, 0) is 0 Å². The van der Waals surface area contributed by atoms with E-state index in [2.05, 4.69) is 15.9 Å². The number of benzene rings is 1. The SMILES string of the molecule is CCOc1ccc(C(O)C(C)(C)C)cc1Br. The van der Waals surface area contributed by atoms with Crippen LogP contribution in [0.4, 0.5) is 0 Å². The Morgan fingerprint density at radius 3 is 2.44 bits per heavy atom. The van der Waals surface area contributed by atoms with Crippen LogP contribution in [0.5, 0.6) is 5.75 Å². The third-order valence-electron chi connectivity index (χ3n) is 2.39. The monoisotopic (exact) mass is 286 g/mol. The molecule has 1 rings (SSSR count). The molecule has 1 atom stereocenters. The van der Waals surface area contributed by atoms with Gasteiger partial charge in [-0.2, -0.15) is 0 Å². The van der Waals surface area contributed by atoms with Crippen molar-refractivity contribution in [3.63, 3.8) is 0 Å². The van der Waals surface area contributed by atoms with Gasteiger partial charge in [0, 0.05) is 0 Å². The number of hydrogen-bond acceptors (Lipinski definition) is 2. The molecule has 16 heavy (non-hydrogen) atoms. The lowest BCUT2D eigenvalue weighted by Crippen LogP contribution is -2.17. The van der Waals surface area contributed by atoms with Crippen molar-refractivity contribution in [2.24, 2.45) is 5.41 Å². The molecule has 0 aliphatic rings. The van der Waals surface area contributed by atoms with E-state index in [-0.39, 0.29) is 5.41 Å². The van der Waals surface area contributed by atoms with Gasteiger partial charge in [0.05, 0.1) is 17.2 Å². The maximum atomic E-state index is 10.1. The summed E-state index contributed by atoms with van der Waals surface area (Å²) >= 11 is 3.45. The van der Waals surface area contributed by atoms with Gasteiger partial charge in [-0.15, -0.1) is 0 Å². The highest BCUT2D eigenvalue weighted by Crippen LogP contribution is 2.36. The van der Waals surface area contributed by atoms with E-state index in [0.29, 0.717) is 6.61 Å². The van der Waals surface area contributed by atoms with Gasteiger partial charge in [0.2, 0.25) is 0 Å². The van der Waals surface area contributed by atoms with Crippen molar-refractivity contribution < 1.29 is 9.84 Å². The number of rotatable bonds is 3. The summed E-state index contributed by atoms with van der Waals surface area (Å²) in [5.41, 5.74) is 0.745. The third kappa shape index (κ3) is 3.22. The predicted molar refractivity (Wildman–Crippen MR) is 69.7 cm³/mol. The first-order valence-corrected chi connectivity index (χ1v) is 6.26. The maximum absolute atomic E-state index is 10.1. The first-order chi connectivity index (χ1) is 7.36. The van der Waals surface area contributed by atoms with Crippen LogP contribution in [0.15, 0.2) is 22.7 Å². The number of aliphatic hydroxyl groups excluding tert-OH is 1. The highest BCUT2D eigenvalue weighted by molar-refractivity contribution is 9.10. The van der Waals surface area contributed by atoms with Crippen LogP contribution in [0, 0.1) is 5.41 Å². The first-order valence-electron chi connectivity index (χ1n) is 5.46. The third-order valence-corrected chi connectivity index (χ3v) is 3.01. The molecule has 0 amide bonds. The zero-order valence-corrected chi connectivity index (χ0v) is 11.8. The van der Waals surface area contributed by atoms with Crippen LogP contribution in [0.2, 0.25) is 0 Å². The van der Waals surface area contributed by atoms with Crippen LogP contribution < -0.4 is 4.74 Å². The van der Waals surface area contributed by atoms with Crippen LogP contribution in [0.1, 0.15) is 39.4 Å². The second-order valence-electron chi connectivity index (χ2n) is 4.89. The zero-order chi connectivity index (χ0) is 12.3. The smallest absolute Gasteiger partial charge is 0.133 e. The Kier molecular flexibility index (Phi) is 4.39. The van der Waals surface area contributed by atoms with Crippen molar-refractivity contribution in [3.05, 3.63) is 28.2 Å². The molecule has 0 saturated heterocycles. The van der Waals surface area contributed by atoms with E-state index in [1.165, 1.54) is 0 Å². The second kappa shape index (κ2) is 5.19. The van der Waals surface area contributed by atoms with Crippen LogP contribution in [-0.4, -0.2) is 11.7 Å². The van der Waals surface area contributed by atoms with E-state index in [0.717, 1.165) is 15.8 Å². The molecular weight excluding hydrogens is 268 g/mol. The van der Waals surface area contributed by atoms with Crippen molar-refractivity contribution in [2.45, 2.75) is 33.8 Å². The van der Waals surface area contributed by atoms with E-state index >= 15 is 0 Å². The minimum atomic E-state index is -0.473. The summed E-state index contributed by atoms with van der Waals surface area (Å²) in [6, 6.07) is 5.71. The maximum Gasteiger partial charge on any atom is 0.133 e. The lowest BCUT2D eigenvalue weighted by Gasteiger charge is -2.26. The van der Waals surface area contributed by atoms with E-state index in [1.807, 2.05) is 45.9 Å². The molecule has 1 aromatic rings. The van der Waals surface area contributed by atoms with Crippen molar-refractivity contribution in [1.29, 1.82) is 0 Å². The number of ether oxygens (including phenoxy) is 1. The molecule has 0 fully saturated rings. The van der Waals surface area contributed by atoms with Gasteiger partial charge in [-0.1, -0.05) is 26.8 Å². The largest absolute Gasteiger partial charge is 0.493 e. The first kappa shape index (κ1) is 13.5. The fraction of sp³-hybridized carbons (Fsp3) is 0.538. The Labute approximate surface area is 106 Å². The summed E-state index contributed by atoms with van der Waals surface area (Å²) in [4.78, 5) is 0. The molecule has 0 saturated carbocycles. The van der Waals surface area contributed by atoms with Gasteiger partial charge in [-0.25, -0.2) is 0 Å². The van der Waals surface area contributed by atoms with Gasteiger partial charge in [0.15, 0.2) is 0 Å². The molecule has 1 aromatic carbocycles. The van der Waals surface area contributed by atoms with E-state index in [1.54, 1.807) is 0 Å². The lowest BCUT2D eigenvalue weighted by atomic mass is 9.85. The molecule has 0 aliphatic heterocycles. The van der Waals surface area contributed by atoms with Crippen LogP contribution >= 0.6 is 15.9 Å². The Balaban J connectivity index is 2.97. The van der Waals surface area contributed by atoms with Crippen LogP contribution in [0.3, 0.4) is 0 Å². The van der Waals surface area contributed by atoms with Gasteiger partial charge >= 0.3 is 0 Å². The van der Waals surface area contributed by atoms with E-state index in [9.17, 15) is 5.11 Å². The van der Waals surface area contributed by atoms with Gasteiger partial charge < -0.3 is 9.84 Å². The quantitative estimate of drug-likeness (QED) is 0.912. The molecule has 0 aliphatic carbocycles. The number of aliphatic hydroxyl groups is 1. The van der Waals surface area contributed by atoms with Gasteiger partial charge in [-0.3, -0.25) is 0 Å². The van der Waals surface area contributed by atoms with Crippen molar-refractivity contribution in [2.75, 3.05) is 6.61 Å². The van der Waals surface area contributed by atoms with Gasteiger partial charge in [0.1, 0.15) is 5.75 Å². The standard InChI is InChI=1S/C13H19BrO2/c1-5-16-11-7-6-9(8-10(11)14)12(15)13(2,3)4/h6-8,12,15H,5H2,1-4H3. The Morgan fingerprint density at radius 1 is 1.38 bits per heavy atom. The summed E-state index contributed by atoms with van der Waals surface area (Å²) in [5.74, 6) is 0.812.